The van der Waals surface area contributed by atoms with Gasteiger partial charge in [-0.15, -0.1) is 0 Å². The highest BCUT2D eigenvalue weighted by Crippen LogP contribution is 2.27. The number of ether oxygens (including phenoxy) is 1. The Hall–Kier alpha value is -1.60. The van der Waals surface area contributed by atoms with Crippen molar-refractivity contribution < 1.29 is 17.9 Å². The van der Waals surface area contributed by atoms with Crippen LogP contribution in [0.15, 0.2) is 24.3 Å². The number of benzene rings is 1. The average molecular weight is 451 g/mol. The number of carbonyl (C=O) groups is 1. The Morgan fingerprint density at radius 1 is 1.06 bits per heavy atom. The first-order chi connectivity index (χ1) is 14.5. The van der Waals surface area contributed by atoms with Crippen LogP contribution in [0.25, 0.3) is 0 Å². The van der Waals surface area contributed by atoms with Crippen molar-refractivity contribution in [1.82, 2.24) is 4.90 Å². The topological polar surface area (TPSA) is 66.9 Å². The summed E-state index contributed by atoms with van der Waals surface area (Å²) in [5.41, 5.74) is 2.18. The van der Waals surface area contributed by atoms with Gasteiger partial charge < -0.3 is 14.5 Å². The number of anilines is 1. The van der Waals surface area contributed by atoms with E-state index < -0.39 is 9.84 Å². The number of amides is 1. The highest BCUT2D eigenvalue weighted by molar-refractivity contribution is 7.91. The molecule has 0 aromatic heterocycles. The van der Waals surface area contributed by atoms with Crippen LogP contribution in [0.1, 0.15) is 46.6 Å². The second kappa shape index (κ2) is 9.90. The molecule has 0 spiro atoms. The average Bonchev–Trinajstić information content (AvgIpc) is 2.69. The first kappa shape index (κ1) is 24.1. The first-order valence-electron chi connectivity index (χ1n) is 11.5. The molecule has 2 fully saturated rings. The van der Waals surface area contributed by atoms with Gasteiger partial charge in [0.1, 0.15) is 0 Å². The Labute approximate surface area is 187 Å². The number of rotatable bonds is 6. The maximum absolute atomic E-state index is 12.9. The monoisotopic (exact) mass is 450 g/mol. The van der Waals surface area contributed by atoms with Crippen molar-refractivity contribution >= 4 is 21.4 Å². The summed E-state index contributed by atoms with van der Waals surface area (Å²) in [5.74, 6) is 0.681. The number of nitrogens with zero attached hydrogens (tertiary/aromatic N) is 2. The van der Waals surface area contributed by atoms with E-state index in [4.69, 9.17) is 4.74 Å². The SMILES string of the molecule is CC1CN(C(=O)Cc2ccc(N3C[C@@H](C)O[C@@H](C)C3)cc2)CCC1CS(=O)(=O)C(C)C. The molecule has 0 saturated carbocycles. The molecular formula is C24H38N2O4S. The number of morpholine rings is 1. The molecule has 1 aromatic carbocycles. The lowest BCUT2D eigenvalue weighted by Crippen LogP contribution is -2.45. The summed E-state index contributed by atoms with van der Waals surface area (Å²) in [7, 11) is -3.05. The second-order valence-electron chi connectivity index (χ2n) is 9.75. The molecule has 0 radical (unpaired) electrons. The number of hydrogen-bond donors (Lipinski definition) is 0. The molecule has 2 aliphatic rings. The maximum Gasteiger partial charge on any atom is 0.226 e. The van der Waals surface area contributed by atoms with Crippen LogP contribution in [0.5, 0.6) is 0 Å². The van der Waals surface area contributed by atoms with Gasteiger partial charge in [0.25, 0.3) is 0 Å². The number of piperidine rings is 1. The fourth-order valence-corrected chi connectivity index (χ4v) is 6.14. The molecule has 0 bridgehead atoms. The van der Waals surface area contributed by atoms with E-state index in [1.165, 1.54) is 5.69 Å². The molecule has 31 heavy (non-hydrogen) atoms. The number of likely N-dealkylation sites (tertiary alicyclic amines) is 1. The van der Waals surface area contributed by atoms with Gasteiger partial charge >= 0.3 is 0 Å². The van der Waals surface area contributed by atoms with E-state index in [0.717, 1.165) is 25.1 Å². The zero-order valence-corrected chi connectivity index (χ0v) is 20.4. The Morgan fingerprint density at radius 2 is 1.68 bits per heavy atom. The van der Waals surface area contributed by atoms with E-state index in [2.05, 4.69) is 37.8 Å². The van der Waals surface area contributed by atoms with Gasteiger partial charge in [-0.3, -0.25) is 4.79 Å². The lowest BCUT2D eigenvalue weighted by atomic mass is 9.88. The van der Waals surface area contributed by atoms with E-state index in [9.17, 15) is 13.2 Å². The molecule has 1 amide bonds. The van der Waals surface area contributed by atoms with Crippen LogP contribution in [0, 0.1) is 11.8 Å². The highest BCUT2D eigenvalue weighted by atomic mass is 32.2. The molecular weight excluding hydrogens is 412 g/mol. The smallest absolute Gasteiger partial charge is 0.226 e. The van der Waals surface area contributed by atoms with Crippen molar-refractivity contribution in [1.29, 1.82) is 0 Å². The summed E-state index contributed by atoms with van der Waals surface area (Å²) in [5, 5.41) is -0.341. The van der Waals surface area contributed by atoms with E-state index in [1.54, 1.807) is 13.8 Å². The Kier molecular flexibility index (Phi) is 7.68. The fourth-order valence-electron chi connectivity index (χ4n) is 4.66. The largest absolute Gasteiger partial charge is 0.372 e. The summed E-state index contributed by atoms with van der Waals surface area (Å²) in [6, 6.07) is 8.28. The summed E-state index contributed by atoms with van der Waals surface area (Å²) in [6.45, 7) is 12.8. The normalized spacial score (nSPS) is 27.5. The fraction of sp³-hybridized carbons (Fsp3) is 0.708. The molecule has 0 aliphatic carbocycles. The van der Waals surface area contributed by atoms with Crippen LogP contribution < -0.4 is 4.90 Å². The molecule has 1 aromatic rings. The lowest BCUT2D eigenvalue weighted by Gasteiger charge is -2.37. The van der Waals surface area contributed by atoms with Crippen molar-refractivity contribution in [2.75, 3.05) is 36.8 Å². The van der Waals surface area contributed by atoms with Crippen molar-refractivity contribution in [2.45, 2.75) is 64.9 Å². The van der Waals surface area contributed by atoms with Crippen molar-refractivity contribution in [3.63, 3.8) is 0 Å². The molecule has 2 unspecified atom stereocenters. The minimum absolute atomic E-state index is 0.124. The Morgan fingerprint density at radius 3 is 2.23 bits per heavy atom. The van der Waals surface area contributed by atoms with Gasteiger partial charge in [0.15, 0.2) is 9.84 Å². The summed E-state index contributed by atoms with van der Waals surface area (Å²) in [4.78, 5) is 17.1. The molecule has 0 N–H and O–H groups in total. The van der Waals surface area contributed by atoms with Crippen molar-refractivity contribution in [3.8, 4) is 0 Å². The van der Waals surface area contributed by atoms with Crippen LogP contribution in [-0.4, -0.2) is 68.6 Å². The van der Waals surface area contributed by atoms with Crippen LogP contribution in [0.2, 0.25) is 0 Å². The van der Waals surface area contributed by atoms with Gasteiger partial charge in [-0.2, -0.15) is 0 Å². The molecule has 174 valence electrons. The van der Waals surface area contributed by atoms with Gasteiger partial charge in [0, 0.05) is 31.9 Å². The summed E-state index contributed by atoms with van der Waals surface area (Å²) in [6.07, 6.45) is 1.57. The summed E-state index contributed by atoms with van der Waals surface area (Å²) >= 11 is 0. The minimum Gasteiger partial charge on any atom is -0.372 e. The van der Waals surface area contributed by atoms with Gasteiger partial charge in [0.05, 0.1) is 29.6 Å². The number of sulfone groups is 1. The molecule has 4 atom stereocenters. The quantitative estimate of drug-likeness (QED) is 0.666. The van der Waals surface area contributed by atoms with Crippen LogP contribution >= 0.6 is 0 Å². The van der Waals surface area contributed by atoms with E-state index in [1.807, 2.05) is 17.0 Å². The van der Waals surface area contributed by atoms with Crippen molar-refractivity contribution in [2.24, 2.45) is 11.8 Å². The molecule has 2 heterocycles. The van der Waals surface area contributed by atoms with Gasteiger partial charge in [-0.1, -0.05) is 19.1 Å². The molecule has 7 heteroatoms. The van der Waals surface area contributed by atoms with Gasteiger partial charge in [-0.25, -0.2) is 8.42 Å². The van der Waals surface area contributed by atoms with Gasteiger partial charge in [-0.05, 0) is 63.6 Å². The predicted octanol–water partition coefficient (Wildman–Crippen LogP) is 3.15. The second-order valence-corrected chi connectivity index (χ2v) is 12.4. The third-order valence-electron chi connectivity index (χ3n) is 6.68. The van der Waals surface area contributed by atoms with Crippen LogP contribution in [-0.2, 0) is 25.8 Å². The number of hydrogen-bond acceptors (Lipinski definition) is 5. The predicted molar refractivity (Wildman–Crippen MR) is 125 cm³/mol. The number of carbonyl (C=O) groups excluding carboxylic acids is 1. The Bertz CT molecular complexity index is 843. The van der Waals surface area contributed by atoms with Crippen LogP contribution in [0.4, 0.5) is 5.69 Å². The molecule has 2 aliphatic heterocycles. The molecule has 6 nitrogen and oxygen atoms in total. The Balaban J connectivity index is 1.54. The van der Waals surface area contributed by atoms with Crippen LogP contribution in [0.3, 0.4) is 0 Å². The van der Waals surface area contributed by atoms with E-state index in [0.29, 0.717) is 19.5 Å². The molecule has 2 saturated heterocycles. The zero-order valence-electron chi connectivity index (χ0n) is 19.6. The highest BCUT2D eigenvalue weighted by Gasteiger charge is 2.32. The third-order valence-corrected chi connectivity index (χ3v) is 9.01. The minimum atomic E-state index is -3.05. The van der Waals surface area contributed by atoms with E-state index >= 15 is 0 Å². The summed E-state index contributed by atoms with van der Waals surface area (Å²) < 4.78 is 30.4. The molecule has 3 rings (SSSR count). The van der Waals surface area contributed by atoms with Crippen molar-refractivity contribution in [3.05, 3.63) is 29.8 Å². The standard InChI is InChI=1S/C24H38N2O4S/c1-17(2)31(28,29)16-22-10-11-25(13-18(22)3)24(27)12-21-6-8-23(9-7-21)26-14-19(4)30-20(5)15-26/h6-9,17-20,22H,10-16H2,1-5H3/t18?,19-,20+,22?. The van der Waals surface area contributed by atoms with E-state index in [-0.39, 0.29) is 41.0 Å². The lowest BCUT2D eigenvalue weighted by molar-refractivity contribution is -0.132. The van der Waals surface area contributed by atoms with Gasteiger partial charge in [0.2, 0.25) is 5.91 Å². The first-order valence-corrected chi connectivity index (χ1v) is 13.3. The maximum atomic E-state index is 12.9. The zero-order chi connectivity index (χ0) is 22.8. The third kappa shape index (κ3) is 6.22.